The van der Waals surface area contributed by atoms with Crippen LogP contribution >= 0.6 is 0 Å². The Balaban J connectivity index is 1.49. The zero-order valence-corrected chi connectivity index (χ0v) is 23.9. The highest BCUT2D eigenvalue weighted by Crippen LogP contribution is 2.42. The Morgan fingerprint density at radius 1 is 0.976 bits per heavy atom. The number of aryl methyl sites for hydroxylation is 1. The van der Waals surface area contributed by atoms with Crippen LogP contribution in [0, 0.1) is 6.92 Å². The van der Waals surface area contributed by atoms with Gasteiger partial charge in [-0.15, -0.1) is 0 Å². The highest BCUT2D eigenvalue weighted by molar-refractivity contribution is 6.46. The molecule has 42 heavy (non-hydrogen) atoms. The van der Waals surface area contributed by atoms with Crippen LogP contribution in [-0.4, -0.2) is 77.7 Å². The van der Waals surface area contributed by atoms with Gasteiger partial charge in [-0.3, -0.25) is 14.5 Å². The number of ketones is 1. The number of hydrogen-bond acceptors (Lipinski definition) is 8. The molecule has 0 aliphatic carbocycles. The summed E-state index contributed by atoms with van der Waals surface area (Å²) in [4.78, 5) is 30.6. The molecule has 0 aromatic heterocycles. The number of carbonyl (C=O) groups excluding carboxylic acids is 2. The van der Waals surface area contributed by atoms with Gasteiger partial charge < -0.3 is 29.3 Å². The van der Waals surface area contributed by atoms with Crippen molar-refractivity contribution in [3.8, 4) is 17.2 Å². The number of rotatable bonds is 10. The Morgan fingerprint density at radius 3 is 2.45 bits per heavy atom. The number of Topliss-reactive ketones (excluding diaryl/α,β-unsaturated/α-hetero) is 1. The van der Waals surface area contributed by atoms with E-state index in [2.05, 4.69) is 4.90 Å². The lowest BCUT2D eigenvalue weighted by molar-refractivity contribution is -0.140. The minimum Gasteiger partial charge on any atom is -0.507 e. The molecule has 0 bridgehead atoms. The van der Waals surface area contributed by atoms with Crippen LogP contribution in [0.4, 0.5) is 0 Å². The molecule has 2 fully saturated rings. The molecule has 1 amide bonds. The molecule has 220 valence electrons. The van der Waals surface area contributed by atoms with E-state index < -0.39 is 17.7 Å². The summed E-state index contributed by atoms with van der Waals surface area (Å²) < 4.78 is 17.0. The molecule has 3 aromatic rings. The van der Waals surface area contributed by atoms with E-state index in [1.54, 1.807) is 37.3 Å². The van der Waals surface area contributed by atoms with Crippen molar-refractivity contribution in [2.45, 2.75) is 26.5 Å². The number of phenolic OH excluding ortho intramolecular Hbond substituents is 1. The second-order valence-electron chi connectivity index (χ2n) is 10.4. The van der Waals surface area contributed by atoms with E-state index in [0.29, 0.717) is 55.4 Å². The number of hydrogen-bond donors (Lipinski definition) is 2. The molecular formula is C33H36N2O7. The molecule has 9 heteroatoms. The number of ether oxygens (including phenoxy) is 3. The maximum absolute atomic E-state index is 13.5. The predicted octanol–water partition coefficient (Wildman–Crippen LogP) is 4.43. The number of likely N-dealkylation sites (tertiary alicyclic amines) is 1. The van der Waals surface area contributed by atoms with E-state index >= 15 is 0 Å². The summed E-state index contributed by atoms with van der Waals surface area (Å²) in [6, 6.07) is 18.9. The van der Waals surface area contributed by atoms with Gasteiger partial charge in [0.25, 0.3) is 11.7 Å². The first kappa shape index (κ1) is 29.2. The van der Waals surface area contributed by atoms with Crippen molar-refractivity contribution in [3.05, 3.63) is 94.6 Å². The van der Waals surface area contributed by atoms with Crippen LogP contribution in [0.3, 0.4) is 0 Å². The first-order valence-corrected chi connectivity index (χ1v) is 14.2. The van der Waals surface area contributed by atoms with E-state index in [9.17, 15) is 19.8 Å². The fraction of sp³-hybridized carbons (Fsp3) is 0.333. The smallest absolute Gasteiger partial charge is 0.295 e. The number of aromatic hydroxyl groups is 1. The third kappa shape index (κ3) is 6.27. The highest BCUT2D eigenvalue weighted by Gasteiger charge is 2.46. The third-order valence-corrected chi connectivity index (χ3v) is 7.60. The van der Waals surface area contributed by atoms with Crippen molar-refractivity contribution in [2.75, 3.05) is 46.0 Å². The number of morpholine rings is 1. The standard InChI is InChI=1S/C33H36N2O7/c1-3-41-28-20-24(9-12-27(28)36)30-29(32(38)33(39)35(30)14-13-34-15-17-40-18-16-34)31(37)26-11-10-25(19-22(26)2)42-21-23-7-5-4-6-8-23/h4-12,19-20,30,36-37H,3,13-18,21H2,1-2H3/t30-/m1/s1. The maximum atomic E-state index is 13.5. The van der Waals surface area contributed by atoms with E-state index in [0.717, 1.165) is 18.7 Å². The molecule has 2 saturated heterocycles. The van der Waals surface area contributed by atoms with E-state index in [-0.39, 0.29) is 29.4 Å². The number of phenols is 1. The fourth-order valence-electron chi connectivity index (χ4n) is 5.38. The molecule has 0 radical (unpaired) electrons. The van der Waals surface area contributed by atoms with Gasteiger partial charge in [-0.1, -0.05) is 36.4 Å². The highest BCUT2D eigenvalue weighted by atomic mass is 16.5. The average molecular weight is 573 g/mol. The summed E-state index contributed by atoms with van der Waals surface area (Å²) in [5.41, 5.74) is 2.70. The molecule has 2 heterocycles. The lowest BCUT2D eigenvalue weighted by atomic mass is 9.93. The minimum absolute atomic E-state index is 0.00355. The van der Waals surface area contributed by atoms with Crippen LogP contribution in [0.25, 0.3) is 5.76 Å². The van der Waals surface area contributed by atoms with Gasteiger partial charge in [-0.05, 0) is 60.9 Å². The van der Waals surface area contributed by atoms with Crippen LogP contribution in [0.15, 0.2) is 72.3 Å². The molecule has 0 saturated carbocycles. The molecule has 5 rings (SSSR count). The van der Waals surface area contributed by atoms with Gasteiger partial charge in [0.15, 0.2) is 11.5 Å². The van der Waals surface area contributed by atoms with E-state index in [1.807, 2.05) is 37.3 Å². The topological polar surface area (TPSA) is 109 Å². The van der Waals surface area contributed by atoms with Crippen molar-refractivity contribution in [1.82, 2.24) is 9.80 Å². The summed E-state index contributed by atoms with van der Waals surface area (Å²) in [6.45, 7) is 7.87. The van der Waals surface area contributed by atoms with Gasteiger partial charge in [-0.25, -0.2) is 0 Å². The van der Waals surface area contributed by atoms with Gasteiger partial charge in [0.05, 0.1) is 31.4 Å². The van der Waals surface area contributed by atoms with Crippen molar-refractivity contribution in [2.24, 2.45) is 0 Å². The normalized spacial score (nSPS) is 18.8. The predicted molar refractivity (Wildman–Crippen MR) is 157 cm³/mol. The zero-order chi connectivity index (χ0) is 29.6. The Hall–Kier alpha value is -4.34. The van der Waals surface area contributed by atoms with Crippen LogP contribution in [0.1, 0.15) is 35.2 Å². The summed E-state index contributed by atoms with van der Waals surface area (Å²) in [7, 11) is 0. The Kier molecular flexibility index (Phi) is 9.09. The van der Waals surface area contributed by atoms with Crippen molar-refractivity contribution in [3.63, 3.8) is 0 Å². The Morgan fingerprint density at radius 2 is 1.74 bits per heavy atom. The van der Waals surface area contributed by atoms with E-state index in [1.165, 1.54) is 11.0 Å². The third-order valence-electron chi connectivity index (χ3n) is 7.60. The van der Waals surface area contributed by atoms with Crippen LogP contribution in [-0.2, 0) is 20.9 Å². The average Bonchev–Trinajstić information content (AvgIpc) is 3.26. The number of amides is 1. The molecule has 0 spiro atoms. The van der Waals surface area contributed by atoms with Crippen LogP contribution in [0.2, 0.25) is 0 Å². The van der Waals surface area contributed by atoms with Gasteiger partial charge in [0, 0.05) is 31.7 Å². The van der Waals surface area contributed by atoms with E-state index in [4.69, 9.17) is 14.2 Å². The number of nitrogens with zero attached hydrogens (tertiary/aromatic N) is 2. The summed E-state index contributed by atoms with van der Waals surface area (Å²) >= 11 is 0. The second-order valence-corrected chi connectivity index (χ2v) is 10.4. The molecule has 0 unspecified atom stereocenters. The first-order chi connectivity index (χ1) is 20.4. The molecular weight excluding hydrogens is 536 g/mol. The van der Waals surface area contributed by atoms with Gasteiger partial charge in [0.2, 0.25) is 0 Å². The summed E-state index contributed by atoms with van der Waals surface area (Å²) in [5, 5.41) is 21.9. The largest absolute Gasteiger partial charge is 0.507 e. The zero-order valence-electron chi connectivity index (χ0n) is 23.9. The fourth-order valence-corrected chi connectivity index (χ4v) is 5.38. The number of aliphatic hydroxyl groups excluding tert-OH is 1. The first-order valence-electron chi connectivity index (χ1n) is 14.2. The van der Waals surface area contributed by atoms with Crippen molar-refractivity contribution < 1.29 is 34.0 Å². The molecule has 2 aliphatic rings. The number of benzene rings is 3. The Bertz CT molecular complexity index is 1460. The minimum atomic E-state index is -0.862. The van der Waals surface area contributed by atoms with Crippen LogP contribution < -0.4 is 9.47 Å². The maximum Gasteiger partial charge on any atom is 0.295 e. The quantitative estimate of drug-likeness (QED) is 0.209. The molecule has 2 aliphatic heterocycles. The summed E-state index contributed by atoms with van der Waals surface area (Å²) in [6.07, 6.45) is 0. The van der Waals surface area contributed by atoms with Crippen LogP contribution in [0.5, 0.6) is 17.2 Å². The Labute approximate surface area is 245 Å². The SMILES string of the molecule is CCOc1cc([C@@H]2C(=C(O)c3ccc(OCc4ccccc4)cc3C)C(=O)C(=O)N2CCN2CCOCC2)ccc1O. The summed E-state index contributed by atoms with van der Waals surface area (Å²) in [5.74, 6) is -0.881. The molecule has 2 N–H and O–H groups in total. The lowest BCUT2D eigenvalue weighted by Crippen LogP contribution is -2.42. The van der Waals surface area contributed by atoms with Crippen molar-refractivity contribution >= 4 is 17.4 Å². The van der Waals surface area contributed by atoms with Gasteiger partial charge >= 0.3 is 0 Å². The number of aliphatic hydroxyl groups is 1. The van der Waals surface area contributed by atoms with Gasteiger partial charge in [0.1, 0.15) is 18.1 Å². The second kappa shape index (κ2) is 13.1. The van der Waals surface area contributed by atoms with Crippen molar-refractivity contribution in [1.29, 1.82) is 0 Å². The molecule has 9 nitrogen and oxygen atoms in total. The molecule has 3 aromatic carbocycles. The monoisotopic (exact) mass is 572 g/mol. The lowest BCUT2D eigenvalue weighted by Gasteiger charge is -2.31. The number of carbonyl (C=O) groups is 2. The molecule has 1 atom stereocenters. The van der Waals surface area contributed by atoms with Gasteiger partial charge in [-0.2, -0.15) is 0 Å².